The van der Waals surface area contributed by atoms with Crippen LogP contribution in [-0.4, -0.2) is 5.91 Å². The van der Waals surface area contributed by atoms with Crippen molar-refractivity contribution in [2.45, 2.75) is 20.8 Å². The Bertz CT molecular complexity index is 970. The van der Waals surface area contributed by atoms with Crippen molar-refractivity contribution in [3.8, 4) is 0 Å². The van der Waals surface area contributed by atoms with Crippen LogP contribution in [-0.2, 0) is 0 Å². The molecule has 0 fully saturated rings. The molecule has 0 bridgehead atoms. The first-order chi connectivity index (χ1) is 11.0. The number of aryl methyl sites for hydroxylation is 3. The van der Waals surface area contributed by atoms with Crippen LogP contribution in [0.3, 0.4) is 0 Å². The molecule has 0 atom stereocenters. The minimum atomic E-state index is -0.630. The Morgan fingerprint density at radius 2 is 1.78 bits per heavy atom. The van der Waals surface area contributed by atoms with Crippen LogP contribution in [0.25, 0.3) is 11.0 Å². The monoisotopic (exact) mass is 307 g/mol. The minimum absolute atomic E-state index is 0.00371. The standard InChI is InChI=1S/C19H17NO3/c1-11-7-8-12(2)16(9-11)20-18(21)15-10-14-6-4-5-13(3)17(14)23-19(15)22/h4-10H,1-3H3,(H,20,21). The largest absolute Gasteiger partial charge is 0.422 e. The van der Waals surface area contributed by atoms with E-state index in [4.69, 9.17) is 4.42 Å². The molecule has 0 unspecified atom stereocenters. The Morgan fingerprint density at radius 3 is 2.57 bits per heavy atom. The van der Waals surface area contributed by atoms with E-state index in [1.165, 1.54) is 0 Å². The van der Waals surface area contributed by atoms with Crippen LogP contribution < -0.4 is 10.9 Å². The zero-order valence-corrected chi connectivity index (χ0v) is 13.3. The summed E-state index contributed by atoms with van der Waals surface area (Å²) in [6, 6.07) is 12.9. The molecule has 3 rings (SSSR count). The van der Waals surface area contributed by atoms with Crippen molar-refractivity contribution in [3.63, 3.8) is 0 Å². The van der Waals surface area contributed by atoms with Crippen LogP contribution in [0.1, 0.15) is 27.0 Å². The highest BCUT2D eigenvalue weighted by atomic mass is 16.4. The molecule has 0 aliphatic heterocycles. The van der Waals surface area contributed by atoms with Gasteiger partial charge in [-0.3, -0.25) is 4.79 Å². The summed E-state index contributed by atoms with van der Waals surface area (Å²) >= 11 is 0. The van der Waals surface area contributed by atoms with Crippen LogP contribution in [0.15, 0.2) is 51.7 Å². The molecule has 0 saturated heterocycles. The second kappa shape index (κ2) is 5.72. The zero-order chi connectivity index (χ0) is 16.6. The van der Waals surface area contributed by atoms with Crippen molar-refractivity contribution in [2.75, 3.05) is 5.32 Å². The van der Waals surface area contributed by atoms with Gasteiger partial charge < -0.3 is 9.73 Å². The SMILES string of the molecule is Cc1ccc(C)c(NC(=O)c2cc3cccc(C)c3oc2=O)c1. The van der Waals surface area contributed by atoms with Gasteiger partial charge in [0.1, 0.15) is 11.1 Å². The van der Waals surface area contributed by atoms with E-state index in [-0.39, 0.29) is 5.56 Å². The average Bonchev–Trinajstić information content (AvgIpc) is 2.51. The number of para-hydroxylation sites is 1. The van der Waals surface area contributed by atoms with E-state index < -0.39 is 11.5 Å². The number of carbonyl (C=O) groups is 1. The van der Waals surface area contributed by atoms with E-state index >= 15 is 0 Å². The molecule has 1 amide bonds. The summed E-state index contributed by atoms with van der Waals surface area (Å²) in [4.78, 5) is 24.6. The number of anilines is 1. The molecule has 3 aromatic rings. The molecular formula is C19H17NO3. The Hall–Kier alpha value is -2.88. The summed E-state index contributed by atoms with van der Waals surface area (Å²) in [7, 11) is 0. The van der Waals surface area contributed by atoms with Crippen LogP contribution in [0.2, 0.25) is 0 Å². The summed E-state index contributed by atoms with van der Waals surface area (Å²) in [5.74, 6) is -0.462. The highest BCUT2D eigenvalue weighted by molar-refractivity contribution is 6.05. The number of fused-ring (bicyclic) bond motifs is 1. The molecule has 4 heteroatoms. The number of carbonyl (C=O) groups excluding carboxylic acids is 1. The first-order valence-corrected chi connectivity index (χ1v) is 7.38. The molecule has 4 nitrogen and oxygen atoms in total. The smallest absolute Gasteiger partial charge is 0.349 e. The maximum Gasteiger partial charge on any atom is 0.349 e. The number of nitrogens with one attached hydrogen (secondary N) is 1. The molecule has 0 saturated carbocycles. The number of hydrogen-bond acceptors (Lipinski definition) is 3. The molecule has 0 spiro atoms. The highest BCUT2D eigenvalue weighted by Gasteiger charge is 2.15. The van der Waals surface area contributed by atoms with Gasteiger partial charge in [-0.15, -0.1) is 0 Å². The Kier molecular flexibility index (Phi) is 3.74. The minimum Gasteiger partial charge on any atom is -0.422 e. The Morgan fingerprint density at radius 1 is 1.00 bits per heavy atom. The van der Waals surface area contributed by atoms with Gasteiger partial charge in [0, 0.05) is 11.1 Å². The highest BCUT2D eigenvalue weighted by Crippen LogP contribution is 2.20. The maximum atomic E-state index is 12.5. The van der Waals surface area contributed by atoms with Crippen molar-refractivity contribution in [1.82, 2.24) is 0 Å². The van der Waals surface area contributed by atoms with Crippen molar-refractivity contribution < 1.29 is 9.21 Å². The first kappa shape index (κ1) is 15.0. The molecule has 0 radical (unpaired) electrons. The molecule has 1 aromatic heterocycles. The van der Waals surface area contributed by atoms with E-state index in [9.17, 15) is 9.59 Å². The average molecular weight is 307 g/mol. The van der Waals surface area contributed by atoms with Gasteiger partial charge >= 0.3 is 5.63 Å². The molecule has 0 aliphatic rings. The van der Waals surface area contributed by atoms with Crippen LogP contribution >= 0.6 is 0 Å². The summed E-state index contributed by atoms with van der Waals surface area (Å²) in [5.41, 5.74) is 3.41. The van der Waals surface area contributed by atoms with Crippen molar-refractivity contribution in [1.29, 1.82) is 0 Å². The lowest BCUT2D eigenvalue weighted by atomic mass is 10.1. The zero-order valence-electron chi connectivity index (χ0n) is 13.3. The predicted octanol–water partition coefficient (Wildman–Crippen LogP) is 3.97. The van der Waals surface area contributed by atoms with Crippen LogP contribution in [0.5, 0.6) is 0 Å². The second-order valence-corrected chi connectivity index (χ2v) is 5.71. The van der Waals surface area contributed by atoms with Gasteiger partial charge in [0.2, 0.25) is 0 Å². The van der Waals surface area contributed by atoms with Gasteiger partial charge in [-0.05, 0) is 49.6 Å². The molecule has 1 N–H and O–H groups in total. The number of hydrogen-bond donors (Lipinski definition) is 1. The molecule has 1 heterocycles. The molecular weight excluding hydrogens is 290 g/mol. The fourth-order valence-corrected chi connectivity index (χ4v) is 2.51. The lowest BCUT2D eigenvalue weighted by molar-refractivity contribution is 0.102. The third kappa shape index (κ3) is 2.88. The predicted molar refractivity (Wildman–Crippen MR) is 91.1 cm³/mol. The van der Waals surface area contributed by atoms with Gasteiger partial charge in [0.05, 0.1) is 0 Å². The lowest BCUT2D eigenvalue weighted by Crippen LogP contribution is -2.21. The van der Waals surface area contributed by atoms with Crippen molar-refractivity contribution in [3.05, 3.63) is 75.1 Å². The molecule has 0 aliphatic carbocycles. The van der Waals surface area contributed by atoms with Crippen molar-refractivity contribution in [2.24, 2.45) is 0 Å². The number of amides is 1. The van der Waals surface area contributed by atoms with E-state index in [1.54, 1.807) is 6.07 Å². The van der Waals surface area contributed by atoms with Crippen molar-refractivity contribution >= 4 is 22.6 Å². The molecule has 2 aromatic carbocycles. The quantitative estimate of drug-likeness (QED) is 0.729. The van der Waals surface area contributed by atoms with Gasteiger partial charge in [-0.1, -0.05) is 30.3 Å². The van der Waals surface area contributed by atoms with E-state index in [2.05, 4.69) is 5.32 Å². The van der Waals surface area contributed by atoms with Gasteiger partial charge in [-0.25, -0.2) is 4.79 Å². The third-order valence-electron chi connectivity index (χ3n) is 3.84. The van der Waals surface area contributed by atoms with Crippen LogP contribution in [0.4, 0.5) is 5.69 Å². The van der Waals surface area contributed by atoms with E-state index in [0.717, 1.165) is 22.1 Å². The summed E-state index contributed by atoms with van der Waals surface area (Å²) in [6.45, 7) is 5.71. The second-order valence-electron chi connectivity index (χ2n) is 5.71. The summed E-state index contributed by atoms with van der Waals surface area (Å²) in [5, 5.41) is 3.52. The third-order valence-corrected chi connectivity index (χ3v) is 3.84. The van der Waals surface area contributed by atoms with Gasteiger partial charge in [-0.2, -0.15) is 0 Å². The summed E-state index contributed by atoms with van der Waals surface area (Å²) in [6.07, 6.45) is 0. The fourth-order valence-electron chi connectivity index (χ4n) is 2.51. The number of rotatable bonds is 2. The molecule has 116 valence electrons. The van der Waals surface area contributed by atoms with Crippen LogP contribution in [0, 0.1) is 20.8 Å². The fraction of sp³-hybridized carbons (Fsp3) is 0.158. The lowest BCUT2D eigenvalue weighted by Gasteiger charge is -2.09. The van der Waals surface area contributed by atoms with Gasteiger partial charge in [0.25, 0.3) is 5.91 Å². The van der Waals surface area contributed by atoms with E-state index in [1.807, 2.05) is 57.2 Å². The Labute approximate surface area is 133 Å². The first-order valence-electron chi connectivity index (χ1n) is 7.38. The maximum absolute atomic E-state index is 12.5. The number of benzene rings is 2. The summed E-state index contributed by atoms with van der Waals surface area (Å²) < 4.78 is 5.32. The normalized spacial score (nSPS) is 10.7. The topological polar surface area (TPSA) is 59.3 Å². The van der Waals surface area contributed by atoms with Gasteiger partial charge in [0.15, 0.2) is 0 Å². The molecule has 23 heavy (non-hydrogen) atoms. The Balaban J connectivity index is 2.03. The van der Waals surface area contributed by atoms with E-state index in [0.29, 0.717) is 11.3 Å².